The number of aromatic nitrogens is 1. The Morgan fingerprint density at radius 3 is 1.00 bits per heavy atom. The molecule has 0 aliphatic carbocycles. The number of hydrogen-bond acceptors (Lipinski definition) is 2. The van der Waals surface area contributed by atoms with Crippen molar-refractivity contribution in [1.82, 2.24) is 4.57 Å². The molecular formula is C102H94BN3Si. The van der Waals surface area contributed by atoms with Crippen molar-refractivity contribution in [3.05, 3.63) is 349 Å². The van der Waals surface area contributed by atoms with Crippen LogP contribution in [0.15, 0.2) is 322 Å². The van der Waals surface area contributed by atoms with E-state index in [9.17, 15) is 0 Å². The predicted octanol–water partition coefficient (Wildman–Crippen LogP) is 22.7. The average molecular weight is 1400 g/mol. The highest BCUT2D eigenvalue weighted by molar-refractivity contribution is 7.20. The number of nitrogens with zero attached hydrogens (tertiary/aromatic N) is 3. The van der Waals surface area contributed by atoms with Crippen molar-refractivity contribution in [2.24, 2.45) is 0 Å². The lowest BCUT2D eigenvalue weighted by Gasteiger charge is -2.46. The fourth-order valence-electron chi connectivity index (χ4n) is 17.4. The Morgan fingerprint density at radius 1 is 0.290 bits per heavy atom. The lowest BCUT2D eigenvalue weighted by molar-refractivity contribution is 0.590. The van der Waals surface area contributed by atoms with Gasteiger partial charge in [0, 0.05) is 61.5 Å². The summed E-state index contributed by atoms with van der Waals surface area (Å²) in [5.74, 6) is 0. The largest absolute Gasteiger partial charge is 0.310 e. The summed E-state index contributed by atoms with van der Waals surface area (Å²) in [6, 6.07) is 125. The molecule has 0 saturated carbocycles. The monoisotopic (exact) mass is 1400 g/mol. The van der Waals surface area contributed by atoms with Crippen LogP contribution in [0.5, 0.6) is 0 Å². The van der Waals surface area contributed by atoms with Crippen molar-refractivity contribution < 1.29 is 0 Å². The molecule has 0 N–H and O–H groups in total. The maximum Gasteiger partial charge on any atom is 0.252 e. The van der Waals surface area contributed by atoms with Crippen molar-refractivity contribution in [2.45, 2.75) is 118 Å². The summed E-state index contributed by atoms with van der Waals surface area (Å²) in [5, 5.41) is 7.88. The summed E-state index contributed by atoms with van der Waals surface area (Å²) in [7, 11) is -3.19. The summed E-state index contributed by atoms with van der Waals surface area (Å²) in [6.07, 6.45) is 0.805. The summed E-state index contributed by atoms with van der Waals surface area (Å²) in [6.45, 7) is 30.3. The van der Waals surface area contributed by atoms with Crippen LogP contribution in [0.4, 0.5) is 34.1 Å². The molecule has 0 atom stereocenters. The minimum absolute atomic E-state index is 0.0606. The van der Waals surface area contributed by atoms with E-state index in [1.54, 1.807) is 0 Å². The second-order valence-electron chi connectivity index (χ2n) is 34.0. The van der Waals surface area contributed by atoms with Gasteiger partial charge in [0.05, 0.1) is 22.4 Å². The Kier molecular flexibility index (Phi) is 17.0. The van der Waals surface area contributed by atoms with Gasteiger partial charge in [-0.05, 0) is 194 Å². The number of hydrogen-bond donors (Lipinski definition) is 0. The minimum atomic E-state index is -3.19. The molecular weight excluding hydrogens is 1310 g/mol. The smallest absolute Gasteiger partial charge is 0.252 e. The first kappa shape index (κ1) is 68.8. The zero-order valence-electron chi connectivity index (χ0n) is 64.2. The lowest BCUT2D eigenvalue weighted by Crippen LogP contribution is -2.75. The fourth-order valence-corrected chi connectivity index (χ4v) is 22.2. The fraction of sp³-hybridized carbons (Fsp3) is 0.176. The van der Waals surface area contributed by atoms with Crippen LogP contribution in [-0.2, 0) is 28.1 Å². The normalized spacial score (nSPS) is 13.1. The molecule has 1 aromatic heterocycles. The van der Waals surface area contributed by atoms with Gasteiger partial charge in [-0.15, -0.1) is 0 Å². The first-order valence-corrected chi connectivity index (χ1v) is 40.5. The molecule has 15 aromatic rings. The van der Waals surface area contributed by atoms with Gasteiger partial charge < -0.3 is 14.4 Å². The van der Waals surface area contributed by atoms with Crippen LogP contribution in [0, 0.1) is 0 Å². The minimum Gasteiger partial charge on any atom is -0.310 e. The number of aryl methyl sites for hydroxylation is 1. The molecule has 2 aliphatic heterocycles. The molecule has 524 valence electrons. The Bertz CT molecular complexity index is 5590. The zero-order chi connectivity index (χ0) is 73.9. The van der Waals surface area contributed by atoms with E-state index in [1.165, 1.54) is 137 Å². The van der Waals surface area contributed by atoms with E-state index < -0.39 is 8.07 Å². The number of fused-ring (bicyclic) bond motifs is 7. The van der Waals surface area contributed by atoms with Crippen LogP contribution in [0.3, 0.4) is 0 Å². The van der Waals surface area contributed by atoms with Crippen molar-refractivity contribution in [3.63, 3.8) is 0 Å². The summed E-state index contributed by atoms with van der Waals surface area (Å²) >= 11 is 0. The topological polar surface area (TPSA) is 11.4 Å². The highest BCUT2D eigenvalue weighted by Gasteiger charge is 2.49. The molecule has 107 heavy (non-hydrogen) atoms. The Morgan fingerprint density at radius 2 is 0.645 bits per heavy atom. The van der Waals surface area contributed by atoms with Crippen LogP contribution in [-0.4, -0.2) is 19.4 Å². The first-order chi connectivity index (χ1) is 51.6. The highest BCUT2D eigenvalue weighted by Crippen LogP contribution is 2.55. The Labute approximate surface area is 635 Å². The standard InChI is InChI=1S/C102H94BN3Si/c1-14-68-58-94-96-95(59-68)106(98-84(71-40-26-17-27-41-71)64-76(102(11,12)13)65-85(98)72-42-28-18-29-43-72)93-66-77(104-90-55-50-73(99(2,3)4)60-86(90)87-61-74(100(5,6)7)51-56-91(87)104)52-54-88(93)103(96)89-67-81(107(78-44-30-19-31-45-78,79-46-32-20-33-47-79)80-48-34-21-35-49-80)53-57-92(89)105(94)97-82(69-36-22-15-23-37-69)62-75(101(8,9)10)63-83(97)70-38-24-16-25-39-70/h15-67H,14H2,1-13H3. The predicted molar refractivity (Wildman–Crippen MR) is 464 cm³/mol. The van der Waals surface area contributed by atoms with Crippen molar-refractivity contribution >= 4 is 108 Å². The van der Waals surface area contributed by atoms with Gasteiger partial charge in [-0.1, -0.05) is 333 Å². The quantitative estimate of drug-likeness (QED) is 0.0892. The first-order valence-electron chi connectivity index (χ1n) is 38.5. The second-order valence-corrected chi connectivity index (χ2v) is 37.8. The van der Waals surface area contributed by atoms with Crippen LogP contribution in [0.1, 0.15) is 118 Å². The summed E-state index contributed by atoms with van der Waals surface area (Å²) in [5.41, 5.74) is 29.6. The van der Waals surface area contributed by atoms with Crippen LogP contribution >= 0.6 is 0 Å². The number of rotatable bonds is 12. The SMILES string of the molecule is CCc1cc2c3c(c1)N(c1c(-c4ccccc4)cc(C(C)(C)C)cc1-c1ccccc1)c1cc(-n4c5ccc(C(C)(C)C)cc5c5cc(C(C)(C)C)ccc54)ccc1B3c1cc([Si](c3ccccc3)(c3ccccc3)c3ccccc3)ccc1N2c1c(-c2ccccc2)cc(C(C)(C)C)cc1-c1ccccc1. The summed E-state index contributed by atoms with van der Waals surface area (Å²) < 4.78 is 2.58. The van der Waals surface area contributed by atoms with E-state index >= 15 is 0 Å². The van der Waals surface area contributed by atoms with Gasteiger partial charge in [0.1, 0.15) is 0 Å². The van der Waals surface area contributed by atoms with Crippen LogP contribution in [0.2, 0.25) is 0 Å². The van der Waals surface area contributed by atoms with Crippen molar-refractivity contribution in [2.75, 3.05) is 9.80 Å². The molecule has 5 heteroatoms. The molecule has 3 nitrogen and oxygen atoms in total. The van der Waals surface area contributed by atoms with Gasteiger partial charge in [0.2, 0.25) is 0 Å². The van der Waals surface area contributed by atoms with Crippen LogP contribution < -0.4 is 46.9 Å². The highest BCUT2D eigenvalue weighted by atomic mass is 28.3. The van der Waals surface area contributed by atoms with Crippen molar-refractivity contribution in [1.29, 1.82) is 0 Å². The number of anilines is 6. The molecule has 0 fully saturated rings. The van der Waals surface area contributed by atoms with Gasteiger partial charge >= 0.3 is 0 Å². The third-order valence-electron chi connectivity index (χ3n) is 23.1. The molecule has 0 radical (unpaired) electrons. The second kappa shape index (κ2) is 26.4. The van der Waals surface area contributed by atoms with Gasteiger partial charge in [-0.25, -0.2) is 0 Å². The van der Waals surface area contributed by atoms with Gasteiger partial charge in [-0.3, -0.25) is 0 Å². The molecule has 0 amide bonds. The molecule has 0 saturated heterocycles. The maximum absolute atomic E-state index is 3.19. The maximum atomic E-state index is 2.76. The average Bonchev–Trinajstić information content (AvgIpc) is 1.05. The van der Waals surface area contributed by atoms with E-state index in [-0.39, 0.29) is 28.4 Å². The molecule has 14 aromatic carbocycles. The van der Waals surface area contributed by atoms with Gasteiger partial charge in [0.25, 0.3) is 6.71 Å². The molecule has 2 aliphatic rings. The Hall–Kier alpha value is -11.2. The molecule has 3 heterocycles. The van der Waals surface area contributed by atoms with Crippen molar-refractivity contribution in [3.8, 4) is 50.2 Å². The van der Waals surface area contributed by atoms with E-state index in [0.717, 1.165) is 40.3 Å². The van der Waals surface area contributed by atoms with E-state index in [0.29, 0.717) is 0 Å². The number of benzene rings is 14. The van der Waals surface area contributed by atoms with E-state index in [2.05, 4.69) is 426 Å². The third kappa shape index (κ3) is 11.8. The molecule has 0 bridgehead atoms. The Balaban J connectivity index is 1.08. The molecule has 17 rings (SSSR count). The van der Waals surface area contributed by atoms with Gasteiger partial charge in [-0.2, -0.15) is 0 Å². The van der Waals surface area contributed by atoms with Crippen LogP contribution in [0.25, 0.3) is 72.0 Å². The zero-order valence-corrected chi connectivity index (χ0v) is 65.2. The third-order valence-corrected chi connectivity index (χ3v) is 27.8. The lowest BCUT2D eigenvalue weighted by atomic mass is 9.33. The summed E-state index contributed by atoms with van der Waals surface area (Å²) in [4.78, 5) is 5.50. The van der Waals surface area contributed by atoms with E-state index in [1.807, 2.05) is 0 Å². The van der Waals surface area contributed by atoms with Gasteiger partial charge in [0.15, 0.2) is 8.07 Å². The van der Waals surface area contributed by atoms with E-state index in [4.69, 9.17) is 0 Å². The molecule has 0 unspecified atom stereocenters. The molecule has 0 spiro atoms.